The van der Waals surface area contributed by atoms with Crippen molar-refractivity contribution in [2.45, 2.75) is 78.7 Å². The Kier molecular flexibility index (Phi) is 10.5. The average Bonchev–Trinajstić information content (AvgIpc) is 3.48. The SMILES string of the molecule is CC=CC(C)(C)C[C@@H]1[C@@H](C(=O)O)C(c2cc(OC)c3c(c2)OCO3)CN1CC(=O)N(CCCC)CCCC. The zero-order chi connectivity index (χ0) is 27.9. The second kappa shape index (κ2) is 13.4. The van der Waals surface area contributed by atoms with Crippen molar-refractivity contribution in [1.82, 2.24) is 9.80 Å². The number of aliphatic carboxylic acids is 1. The molecule has 3 rings (SSSR count). The molecular formula is C30H46N2O6. The molecule has 1 aromatic carbocycles. The Morgan fingerprint density at radius 3 is 2.45 bits per heavy atom. The van der Waals surface area contributed by atoms with E-state index in [1.54, 1.807) is 7.11 Å². The number of nitrogens with zero attached hydrogens (tertiary/aromatic N) is 2. The van der Waals surface area contributed by atoms with Crippen LogP contribution < -0.4 is 14.2 Å². The number of carboxylic acid groups (broad SMARTS) is 1. The second-order valence-corrected chi connectivity index (χ2v) is 11.2. The first-order valence-electron chi connectivity index (χ1n) is 14.0. The van der Waals surface area contributed by atoms with Crippen molar-refractivity contribution >= 4 is 11.9 Å². The van der Waals surface area contributed by atoms with Gasteiger partial charge in [0.15, 0.2) is 11.5 Å². The predicted octanol–water partition coefficient (Wildman–Crippen LogP) is 5.31. The fourth-order valence-electron chi connectivity index (χ4n) is 5.84. The molecule has 8 nitrogen and oxygen atoms in total. The number of hydrogen-bond acceptors (Lipinski definition) is 6. The smallest absolute Gasteiger partial charge is 0.308 e. The summed E-state index contributed by atoms with van der Waals surface area (Å²) in [6.45, 7) is 12.8. The van der Waals surface area contributed by atoms with Crippen LogP contribution >= 0.6 is 0 Å². The third-order valence-electron chi connectivity index (χ3n) is 7.75. The fourth-order valence-corrected chi connectivity index (χ4v) is 5.84. The Labute approximate surface area is 227 Å². The minimum atomic E-state index is -0.850. The maximum absolute atomic E-state index is 13.6. The normalized spacial score (nSPS) is 21.3. The van der Waals surface area contributed by atoms with Crippen molar-refractivity contribution in [1.29, 1.82) is 0 Å². The van der Waals surface area contributed by atoms with Gasteiger partial charge in [0.25, 0.3) is 0 Å². The number of methoxy groups -OCH3 is 1. The summed E-state index contributed by atoms with van der Waals surface area (Å²) in [6.07, 6.45) is 8.73. The number of allylic oxidation sites excluding steroid dienone is 2. The summed E-state index contributed by atoms with van der Waals surface area (Å²) in [5, 5.41) is 10.5. The van der Waals surface area contributed by atoms with Crippen LogP contribution in [0.3, 0.4) is 0 Å². The van der Waals surface area contributed by atoms with Gasteiger partial charge in [0.1, 0.15) is 0 Å². The van der Waals surface area contributed by atoms with Gasteiger partial charge in [-0.05, 0) is 49.3 Å². The number of benzene rings is 1. The topological polar surface area (TPSA) is 88.5 Å². The van der Waals surface area contributed by atoms with Crippen molar-refractivity contribution in [2.75, 3.05) is 40.1 Å². The molecule has 1 fully saturated rings. The third-order valence-corrected chi connectivity index (χ3v) is 7.75. The molecule has 38 heavy (non-hydrogen) atoms. The Hall–Kier alpha value is -2.74. The molecule has 1 N–H and O–H groups in total. The highest BCUT2D eigenvalue weighted by atomic mass is 16.7. The summed E-state index contributed by atoms with van der Waals surface area (Å²) in [5.74, 6) is -0.141. The highest BCUT2D eigenvalue weighted by Gasteiger charge is 2.49. The number of fused-ring (bicyclic) bond motifs is 1. The van der Waals surface area contributed by atoms with Crippen LogP contribution in [0.5, 0.6) is 17.2 Å². The number of ether oxygens (including phenoxy) is 3. The molecule has 2 aliphatic rings. The summed E-state index contributed by atoms with van der Waals surface area (Å²) in [4.78, 5) is 30.5. The molecule has 212 valence electrons. The van der Waals surface area contributed by atoms with Crippen LogP contribution in [0.2, 0.25) is 0 Å². The lowest BCUT2D eigenvalue weighted by atomic mass is 9.77. The van der Waals surface area contributed by atoms with E-state index in [-0.39, 0.29) is 36.6 Å². The molecule has 8 heteroatoms. The van der Waals surface area contributed by atoms with Crippen molar-refractivity contribution in [2.24, 2.45) is 11.3 Å². The first-order chi connectivity index (χ1) is 18.1. The van der Waals surface area contributed by atoms with Crippen LogP contribution in [0, 0.1) is 11.3 Å². The molecule has 1 unspecified atom stereocenters. The summed E-state index contributed by atoms with van der Waals surface area (Å²) in [5.41, 5.74) is 0.607. The molecular weight excluding hydrogens is 484 g/mol. The summed E-state index contributed by atoms with van der Waals surface area (Å²) in [7, 11) is 1.57. The minimum Gasteiger partial charge on any atom is -0.493 e. The van der Waals surface area contributed by atoms with Gasteiger partial charge in [0.05, 0.1) is 19.6 Å². The number of unbranched alkanes of at least 4 members (excludes halogenated alkanes) is 2. The molecule has 0 spiro atoms. The zero-order valence-electron chi connectivity index (χ0n) is 24.0. The van der Waals surface area contributed by atoms with Crippen LogP contribution in [-0.2, 0) is 9.59 Å². The van der Waals surface area contributed by atoms with E-state index in [4.69, 9.17) is 14.2 Å². The van der Waals surface area contributed by atoms with Gasteiger partial charge < -0.3 is 24.2 Å². The van der Waals surface area contributed by atoms with E-state index in [0.29, 0.717) is 30.2 Å². The van der Waals surface area contributed by atoms with Gasteiger partial charge in [0, 0.05) is 31.6 Å². The Balaban J connectivity index is 1.97. The lowest BCUT2D eigenvalue weighted by Gasteiger charge is -2.34. The monoisotopic (exact) mass is 530 g/mol. The fraction of sp³-hybridized carbons (Fsp3) is 0.667. The number of rotatable bonds is 14. The first-order valence-corrected chi connectivity index (χ1v) is 14.0. The van der Waals surface area contributed by atoms with Crippen molar-refractivity contribution in [3.05, 3.63) is 29.8 Å². The van der Waals surface area contributed by atoms with Crippen molar-refractivity contribution < 1.29 is 28.9 Å². The van der Waals surface area contributed by atoms with Gasteiger partial charge in [-0.25, -0.2) is 0 Å². The Bertz CT molecular complexity index is 983. The van der Waals surface area contributed by atoms with Crippen LogP contribution in [-0.4, -0.2) is 72.9 Å². The number of hydrogen-bond donors (Lipinski definition) is 1. The summed E-state index contributed by atoms with van der Waals surface area (Å²) in [6, 6.07) is 3.44. The molecule has 1 saturated heterocycles. The standard InChI is InChI=1S/C30H46N2O6/c1-7-10-13-31(14-11-8-2)26(33)19-32-18-22(21-15-24(36-6)28-25(16-21)37-20-38-28)27(29(34)35)23(32)17-30(4,5)12-9-3/h9,12,15-16,22-23,27H,7-8,10-11,13-14,17-20H2,1-6H3,(H,34,35)/t22?,23-,27+/m1/s1. The lowest BCUT2D eigenvalue weighted by molar-refractivity contribution is -0.144. The predicted molar refractivity (Wildman–Crippen MR) is 148 cm³/mol. The Morgan fingerprint density at radius 1 is 1.18 bits per heavy atom. The number of carboxylic acids is 1. The highest BCUT2D eigenvalue weighted by molar-refractivity contribution is 5.79. The maximum atomic E-state index is 13.6. The number of amides is 1. The number of carbonyl (C=O) groups is 2. The molecule has 1 amide bonds. The number of carbonyl (C=O) groups excluding carboxylic acids is 1. The van der Waals surface area contributed by atoms with Gasteiger partial charge in [-0.2, -0.15) is 0 Å². The molecule has 0 aliphatic carbocycles. The van der Waals surface area contributed by atoms with Gasteiger partial charge in [-0.3, -0.25) is 14.5 Å². The molecule has 3 atom stereocenters. The van der Waals surface area contributed by atoms with Gasteiger partial charge in [0.2, 0.25) is 18.4 Å². The van der Waals surface area contributed by atoms with Gasteiger partial charge in [-0.1, -0.05) is 52.7 Å². The van der Waals surface area contributed by atoms with Crippen molar-refractivity contribution in [3.8, 4) is 17.2 Å². The molecule has 2 aliphatic heterocycles. The van der Waals surface area contributed by atoms with E-state index < -0.39 is 11.9 Å². The van der Waals surface area contributed by atoms with Gasteiger partial charge >= 0.3 is 5.97 Å². The number of likely N-dealkylation sites (tertiary alicyclic amines) is 1. The van der Waals surface area contributed by atoms with E-state index in [0.717, 1.165) is 44.3 Å². The van der Waals surface area contributed by atoms with Crippen LogP contribution in [0.25, 0.3) is 0 Å². The highest BCUT2D eigenvalue weighted by Crippen LogP contribution is 2.48. The van der Waals surface area contributed by atoms with Crippen LogP contribution in [0.1, 0.15) is 78.2 Å². The van der Waals surface area contributed by atoms with E-state index in [1.165, 1.54) is 0 Å². The second-order valence-electron chi connectivity index (χ2n) is 11.2. The largest absolute Gasteiger partial charge is 0.493 e. The molecule has 1 aromatic rings. The lowest BCUT2D eigenvalue weighted by Crippen LogP contribution is -2.45. The van der Waals surface area contributed by atoms with Crippen LogP contribution in [0.4, 0.5) is 0 Å². The summed E-state index contributed by atoms with van der Waals surface area (Å²) < 4.78 is 16.8. The van der Waals surface area contributed by atoms with Crippen LogP contribution in [0.15, 0.2) is 24.3 Å². The minimum absolute atomic E-state index is 0.0776. The van der Waals surface area contributed by atoms with Crippen molar-refractivity contribution in [3.63, 3.8) is 0 Å². The molecule has 0 saturated carbocycles. The van der Waals surface area contributed by atoms with E-state index in [2.05, 4.69) is 38.7 Å². The van der Waals surface area contributed by atoms with E-state index in [1.807, 2.05) is 30.0 Å². The molecule has 0 bridgehead atoms. The average molecular weight is 531 g/mol. The molecule has 0 radical (unpaired) electrons. The summed E-state index contributed by atoms with van der Waals surface area (Å²) >= 11 is 0. The molecule has 2 heterocycles. The van der Waals surface area contributed by atoms with E-state index >= 15 is 0 Å². The zero-order valence-corrected chi connectivity index (χ0v) is 24.0. The first kappa shape index (κ1) is 29.8. The van der Waals surface area contributed by atoms with E-state index in [9.17, 15) is 14.7 Å². The van der Waals surface area contributed by atoms with Gasteiger partial charge in [-0.15, -0.1) is 0 Å². The quantitative estimate of drug-likeness (QED) is 0.326. The Morgan fingerprint density at radius 2 is 1.87 bits per heavy atom. The molecule has 0 aromatic heterocycles. The third kappa shape index (κ3) is 7.01. The maximum Gasteiger partial charge on any atom is 0.308 e.